The fourth-order valence-electron chi connectivity index (χ4n) is 2.54. The summed E-state index contributed by atoms with van der Waals surface area (Å²) in [6.45, 7) is 6.04. The number of hydrogen-bond donors (Lipinski definition) is 2. The number of alkyl halides is 3. The molecule has 0 aliphatic rings. The van der Waals surface area contributed by atoms with E-state index in [1.165, 1.54) is 12.3 Å². The third-order valence-corrected chi connectivity index (χ3v) is 4.04. The first-order valence-electron chi connectivity index (χ1n) is 8.85. The Morgan fingerprint density at radius 2 is 2.00 bits per heavy atom. The fourth-order valence-corrected chi connectivity index (χ4v) is 2.54. The van der Waals surface area contributed by atoms with Gasteiger partial charge in [0.05, 0.1) is 12.2 Å². The molecule has 2 heterocycles. The van der Waals surface area contributed by atoms with Crippen molar-refractivity contribution in [3.8, 4) is 5.88 Å². The topological polar surface area (TPSA) is 76.4 Å². The minimum absolute atomic E-state index is 0. The van der Waals surface area contributed by atoms with E-state index in [1.54, 1.807) is 6.07 Å². The van der Waals surface area contributed by atoms with Crippen LogP contribution in [0.2, 0.25) is 0 Å². The van der Waals surface area contributed by atoms with Gasteiger partial charge in [0, 0.05) is 43.7 Å². The first-order valence-corrected chi connectivity index (χ1v) is 8.85. The maximum Gasteiger partial charge on any atom is 0.422 e. The molecule has 29 heavy (non-hydrogen) atoms. The SMILES string of the molecule is CCNC(=NCc1ccnc(OCC(F)(F)F)c1)NCc1c(C)nn(C)c1C.I. The summed E-state index contributed by atoms with van der Waals surface area (Å²) in [5.74, 6) is 0.518. The zero-order valence-corrected chi connectivity index (χ0v) is 19.1. The Labute approximate surface area is 185 Å². The smallest absolute Gasteiger partial charge is 0.422 e. The molecule has 0 spiro atoms. The van der Waals surface area contributed by atoms with Crippen LogP contribution in [0.3, 0.4) is 0 Å². The van der Waals surface area contributed by atoms with Crippen molar-refractivity contribution >= 4 is 29.9 Å². The number of halogens is 4. The normalized spacial score (nSPS) is 11.8. The van der Waals surface area contributed by atoms with E-state index in [0.717, 1.165) is 17.0 Å². The zero-order chi connectivity index (χ0) is 20.7. The molecular weight excluding hydrogens is 500 g/mol. The predicted octanol–water partition coefficient (Wildman–Crippen LogP) is 3.25. The summed E-state index contributed by atoms with van der Waals surface area (Å²) in [6, 6.07) is 3.14. The number of nitrogens with one attached hydrogen (secondary N) is 2. The van der Waals surface area contributed by atoms with Crippen LogP contribution in [0.15, 0.2) is 23.3 Å². The van der Waals surface area contributed by atoms with Crippen molar-refractivity contribution in [2.24, 2.45) is 12.0 Å². The van der Waals surface area contributed by atoms with Gasteiger partial charge >= 0.3 is 6.18 Å². The Kier molecular flexibility index (Phi) is 9.66. The van der Waals surface area contributed by atoms with Crippen molar-refractivity contribution in [1.29, 1.82) is 0 Å². The van der Waals surface area contributed by atoms with E-state index in [0.29, 0.717) is 24.6 Å². The highest BCUT2D eigenvalue weighted by Crippen LogP contribution is 2.18. The van der Waals surface area contributed by atoms with Gasteiger partial charge in [-0.3, -0.25) is 4.68 Å². The third-order valence-electron chi connectivity index (χ3n) is 4.04. The first-order chi connectivity index (χ1) is 13.2. The van der Waals surface area contributed by atoms with Gasteiger partial charge in [-0.25, -0.2) is 9.98 Å². The molecule has 162 valence electrons. The van der Waals surface area contributed by atoms with Crippen molar-refractivity contribution in [1.82, 2.24) is 25.4 Å². The third kappa shape index (κ3) is 8.07. The number of aliphatic imine (C=N–C) groups is 1. The Hall–Kier alpha value is -2.05. The van der Waals surface area contributed by atoms with Gasteiger partial charge in [-0.2, -0.15) is 18.3 Å². The lowest BCUT2D eigenvalue weighted by molar-refractivity contribution is -0.154. The Morgan fingerprint density at radius 1 is 1.28 bits per heavy atom. The second-order valence-electron chi connectivity index (χ2n) is 6.23. The molecular formula is C18H26F3IN6O. The van der Waals surface area contributed by atoms with E-state index in [2.05, 4.69) is 30.4 Å². The molecule has 0 aliphatic carbocycles. The number of ether oxygens (including phenoxy) is 1. The number of nitrogens with zero attached hydrogens (tertiary/aromatic N) is 4. The maximum absolute atomic E-state index is 12.3. The van der Waals surface area contributed by atoms with Crippen LogP contribution in [0.5, 0.6) is 5.88 Å². The molecule has 0 aromatic carbocycles. The lowest BCUT2D eigenvalue weighted by Crippen LogP contribution is -2.37. The quantitative estimate of drug-likeness (QED) is 0.329. The molecule has 2 N–H and O–H groups in total. The predicted molar refractivity (Wildman–Crippen MR) is 116 cm³/mol. The highest BCUT2D eigenvalue weighted by molar-refractivity contribution is 14.0. The summed E-state index contributed by atoms with van der Waals surface area (Å²) in [5, 5.41) is 10.8. The molecule has 0 fully saturated rings. The summed E-state index contributed by atoms with van der Waals surface area (Å²) >= 11 is 0. The van der Waals surface area contributed by atoms with Crippen LogP contribution in [0.25, 0.3) is 0 Å². The highest BCUT2D eigenvalue weighted by Gasteiger charge is 2.28. The van der Waals surface area contributed by atoms with E-state index in [1.807, 2.05) is 32.5 Å². The first kappa shape index (κ1) is 25.0. The van der Waals surface area contributed by atoms with Crippen molar-refractivity contribution in [3.05, 3.63) is 40.8 Å². The molecule has 2 aromatic rings. The second-order valence-corrected chi connectivity index (χ2v) is 6.23. The number of pyridine rings is 1. The minimum atomic E-state index is -4.40. The van der Waals surface area contributed by atoms with Gasteiger partial charge in [-0.15, -0.1) is 24.0 Å². The molecule has 7 nitrogen and oxygen atoms in total. The van der Waals surface area contributed by atoms with Crippen LogP contribution in [-0.4, -0.2) is 40.1 Å². The van der Waals surface area contributed by atoms with Crippen molar-refractivity contribution < 1.29 is 17.9 Å². The van der Waals surface area contributed by atoms with Gasteiger partial charge in [-0.1, -0.05) is 0 Å². The zero-order valence-electron chi connectivity index (χ0n) is 16.8. The minimum Gasteiger partial charge on any atom is -0.468 e. The molecule has 0 bridgehead atoms. The van der Waals surface area contributed by atoms with Gasteiger partial charge in [0.25, 0.3) is 0 Å². The molecule has 0 radical (unpaired) electrons. The average Bonchev–Trinajstić information content (AvgIpc) is 2.87. The summed E-state index contributed by atoms with van der Waals surface area (Å²) in [5.41, 5.74) is 3.81. The number of aryl methyl sites for hydroxylation is 2. The summed E-state index contributed by atoms with van der Waals surface area (Å²) in [6.07, 6.45) is -3.00. The molecule has 2 aromatic heterocycles. The number of guanidine groups is 1. The van der Waals surface area contributed by atoms with E-state index in [-0.39, 0.29) is 36.4 Å². The van der Waals surface area contributed by atoms with Crippen LogP contribution in [0.4, 0.5) is 13.2 Å². The van der Waals surface area contributed by atoms with E-state index >= 15 is 0 Å². The molecule has 11 heteroatoms. The molecule has 2 rings (SSSR count). The number of aromatic nitrogens is 3. The lowest BCUT2D eigenvalue weighted by atomic mass is 10.2. The standard InChI is InChI=1S/C18H25F3N6O.HI/c1-5-22-17(25-10-15-12(2)26-27(4)13(15)3)24-9-14-6-7-23-16(8-14)28-11-18(19,20)21;/h6-8H,5,9-11H2,1-4H3,(H2,22,24,25);1H. The Balaban J connectivity index is 0.00000420. The van der Waals surface area contributed by atoms with Crippen LogP contribution >= 0.6 is 24.0 Å². The molecule has 0 saturated heterocycles. The number of rotatable bonds is 7. The van der Waals surface area contributed by atoms with Gasteiger partial charge in [0.15, 0.2) is 12.6 Å². The van der Waals surface area contributed by atoms with Crippen molar-refractivity contribution in [2.75, 3.05) is 13.2 Å². The van der Waals surface area contributed by atoms with Crippen LogP contribution < -0.4 is 15.4 Å². The molecule has 0 saturated carbocycles. The van der Waals surface area contributed by atoms with E-state index in [9.17, 15) is 13.2 Å². The van der Waals surface area contributed by atoms with Crippen molar-refractivity contribution in [3.63, 3.8) is 0 Å². The summed E-state index contributed by atoms with van der Waals surface area (Å²) < 4.78 is 43.3. The van der Waals surface area contributed by atoms with Crippen molar-refractivity contribution in [2.45, 2.75) is 40.0 Å². The molecule has 0 amide bonds. The highest BCUT2D eigenvalue weighted by atomic mass is 127. The molecule has 0 aliphatic heterocycles. The fraction of sp³-hybridized carbons (Fsp3) is 0.500. The monoisotopic (exact) mass is 526 g/mol. The van der Waals surface area contributed by atoms with Crippen LogP contribution in [0.1, 0.15) is 29.4 Å². The molecule has 0 unspecified atom stereocenters. The van der Waals surface area contributed by atoms with Crippen LogP contribution in [0, 0.1) is 13.8 Å². The summed E-state index contributed by atoms with van der Waals surface area (Å²) in [4.78, 5) is 8.27. The van der Waals surface area contributed by atoms with E-state index in [4.69, 9.17) is 0 Å². The Bertz CT molecular complexity index is 822. The molecule has 0 atom stereocenters. The van der Waals surface area contributed by atoms with Gasteiger partial charge in [0.1, 0.15) is 0 Å². The van der Waals surface area contributed by atoms with Gasteiger partial charge in [0.2, 0.25) is 5.88 Å². The Morgan fingerprint density at radius 3 is 2.59 bits per heavy atom. The largest absolute Gasteiger partial charge is 0.468 e. The van der Waals surface area contributed by atoms with E-state index < -0.39 is 12.8 Å². The number of hydrogen-bond acceptors (Lipinski definition) is 4. The van der Waals surface area contributed by atoms with Gasteiger partial charge < -0.3 is 15.4 Å². The average molecular weight is 526 g/mol. The van der Waals surface area contributed by atoms with Gasteiger partial charge in [-0.05, 0) is 32.4 Å². The second kappa shape index (κ2) is 11.2. The lowest BCUT2D eigenvalue weighted by Gasteiger charge is -2.12. The van der Waals surface area contributed by atoms with Crippen LogP contribution in [-0.2, 0) is 20.1 Å². The maximum atomic E-state index is 12.3. The summed E-state index contributed by atoms with van der Waals surface area (Å²) in [7, 11) is 1.90.